The van der Waals surface area contributed by atoms with Crippen LogP contribution in [0.4, 0.5) is 0 Å². The number of carbonyl (C=O) groups is 1. The van der Waals surface area contributed by atoms with Crippen molar-refractivity contribution in [2.24, 2.45) is 0 Å². The zero-order valence-electron chi connectivity index (χ0n) is 15.3. The minimum absolute atomic E-state index is 0.112. The van der Waals surface area contributed by atoms with Crippen molar-refractivity contribution in [1.82, 2.24) is 0 Å². The molecule has 0 bridgehead atoms. The SMILES string of the molecule is CCC[CH2][Sn]([C]#CCCCC(=O)OC)([CH2]CCC)[CH2]CCC. The Kier molecular flexibility index (Phi) is 14.3. The van der Waals surface area contributed by atoms with Gasteiger partial charge in [0.2, 0.25) is 0 Å². The van der Waals surface area contributed by atoms with E-state index in [9.17, 15) is 4.79 Å². The number of hydrogen-bond acceptors (Lipinski definition) is 2. The number of esters is 1. The molecule has 2 nitrogen and oxygen atoms in total. The van der Waals surface area contributed by atoms with Crippen molar-refractivity contribution in [3.8, 4) is 9.86 Å². The molecular formula is C19H36O2Sn. The molecule has 0 fully saturated rings. The molecule has 0 saturated heterocycles. The zero-order chi connectivity index (χ0) is 16.7. The summed E-state index contributed by atoms with van der Waals surface area (Å²) in [5, 5.41) is 0. The fourth-order valence-electron chi connectivity index (χ4n) is 2.78. The van der Waals surface area contributed by atoms with E-state index in [0.29, 0.717) is 6.42 Å². The van der Waals surface area contributed by atoms with Gasteiger partial charge in [-0.25, -0.2) is 0 Å². The Morgan fingerprint density at radius 3 is 1.82 bits per heavy atom. The van der Waals surface area contributed by atoms with E-state index in [4.69, 9.17) is 0 Å². The number of hydrogen-bond donors (Lipinski definition) is 0. The molecule has 0 atom stereocenters. The molecule has 3 heteroatoms. The van der Waals surface area contributed by atoms with E-state index in [2.05, 4.69) is 35.4 Å². The first kappa shape index (κ1) is 21.8. The summed E-state index contributed by atoms with van der Waals surface area (Å²) in [5.74, 6) is 3.36. The van der Waals surface area contributed by atoms with Crippen LogP contribution in [-0.4, -0.2) is 31.5 Å². The molecule has 0 aliphatic heterocycles. The van der Waals surface area contributed by atoms with Crippen molar-refractivity contribution in [2.45, 2.75) is 91.9 Å². The van der Waals surface area contributed by atoms with Crippen molar-refractivity contribution in [3.63, 3.8) is 0 Å². The van der Waals surface area contributed by atoms with Crippen LogP contribution < -0.4 is 0 Å². The van der Waals surface area contributed by atoms with Gasteiger partial charge in [-0.2, -0.15) is 0 Å². The summed E-state index contributed by atoms with van der Waals surface area (Å²) in [6, 6.07) is 0. The second-order valence-electron chi connectivity index (χ2n) is 6.32. The predicted octanol–water partition coefficient (Wildman–Crippen LogP) is 5.72. The molecule has 128 valence electrons. The van der Waals surface area contributed by atoms with Crippen LogP contribution in [0.3, 0.4) is 0 Å². The van der Waals surface area contributed by atoms with Crippen LogP contribution >= 0.6 is 0 Å². The normalized spacial score (nSPS) is 10.9. The molecule has 0 amide bonds. The Labute approximate surface area is 142 Å². The molecule has 0 spiro atoms. The van der Waals surface area contributed by atoms with Crippen molar-refractivity contribution < 1.29 is 9.53 Å². The van der Waals surface area contributed by atoms with Gasteiger partial charge in [0.25, 0.3) is 0 Å². The molecule has 0 saturated carbocycles. The molecular weight excluding hydrogens is 379 g/mol. The molecule has 0 aromatic carbocycles. The van der Waals surface area contributed by atoms with Crippen LogP contribution in [0, 0.1) is 9.86 Å². The number of rotatable bonds is 12. The topological polar surface area (TPSA) is 26.3 Å². The Hall–Kier alpha value is -0.171. The van der Waals surface area contributed by atoms with E-state index >= 15 is 0 Å². The van der Waals surface area contributed by atoms with Crippen LogP contribution in [0.5, 0.6) is 0 Å². The summed E-state index contributed by atoms with van der Waals surface area (Å²) in [4.78, 5) is 11.1. The van der Waals surface area contributed by atoms with Crippen molar-refractivity contribution in [3.05, 3.63) is 0 Å². The van der Waals surface area contributed by atoms with E-state index in [0.717, 1.165) is 12.8 Å². The molecule has 0 N–H and O–H groups in total. The molecule has 0 radical (unpaired) electrons. The predicted molar refractivity (Wildman–Crippen MR) is 98.5 cm³/mol. The summed E-state index contributed by atoms with van der Waals surface area (Å²) in [5.41, 5.74) is 0. The van der Waals surface area contributed by atoms with Gasteiger partial charge in [-0.1, -0.05) is 0 Å². The molecule has 0 aromatic heterocycles. The molecule has 0 aromatic rings. The summed E-state index contributed by atoms with van der Waals surface area (Å²) < 4.78 is 12.8. The Morgan fingerprint density at radius 2 is 1.41 bits per heavy atom. The van der Waals surface area contributed by atoms with Gasteiger partial charge in [0.1, 0.15) is 0 Å². The molecule has 0 unspecified atom stereocenters. The first-order valence-electron chi connectivity index (χ1n) is 9.21. The van der Waals surface area contributed by atoms with Crippen LogP contribution in [0.15, 0.2) is 0 Å². The fraction of sp³-hybridized carbons (Fsp3) is 0.842. The fourth-order valence-corrected chi connectivity index (χ4v) is 16.2. The Bertz CT molecular complexity index is 319. The van der Waals surface area contributed by atoms with Crippen LogP contribution in [0.1, 0.15) is 78.6 Å². The minimum atomic E-state index is -2.26. The third kappa shape index (κ3) is 10.5. The molecule has 0 aliphatic rings. The third-order valence-corrected chi connectivity index (χ3v) is 17.5. The summed E-state index contributed by atoms with van der Waals surface area (Å²) in [7, 11) is 1.45. The van der Waals surface area contributed by atoms with Crippen LogP contribution in [0.25, 0.3) is 0 Å². The summed E-state index contributed by atoms with van der Waals surface area (Å²) in [6.07, 6.45) is 10.2. The van der Waals surface area contributed by atoms with E-state index in [1.165, 1.54) is 58.9 Å². The number of carbonyl (C=O) groups excluding carboxylic acids is 1. The average Bonchev–Trinajstić information content (AvgIpc) is 2.55. The van der Waals surface area contributed by atoms with Gasteiger partial charge in [0.05, 0.1) is 0 Å². The van der Waals surface area contributed by atoms with E-state index in [-0.39, 0.29) is 5.97 Å². The summed E-state index contributed by atoms with van der Waals surface area (Å²) >= 11 is -2.26. The van der Waals surface area contributed by atoms with Gasteiger partial charge in [-0.15, -0.1) is 0 Å². The molecule has 0 aliphatic carbocycles. The first-order chi connectivity index (χ1) is 10.6. The molecule has 0 rings (SSSR count). The van der Waals surface area contributed by atoms with Gasteiger partial charge in [-0.3, -0.25) is 0 Å². The molecule has 0 heterocycles. The monoisotopic (exact) mass is 416 g/mol. The maximum atomic E-state index is 11.1. The Morgan fingerprint density at radius 1 is 0.909 bits per heavy atom. The van der Waals surface area contributed by atoms with E-state index in [1.807, 2.05) is 0 Å². The van der Waals surface area contributed by atoms with Gasteiger partial charge < -0.3 is 0 Å². The second kappa shape index (κ2) is 14.4. The van der Waals surface area contributed by atoms with Crippen molar-refractivity contribution in [1.29, 1.82) is 0 Å². The second-order valence-corrected chi connectivity index (χ2v) is 18.6. The van der Waals surface area contributed by atoms with Crippen LogP contribution in [-0.2, 0) is 9.53 Å². The Balaban J connectivity index is 4.67. The molecule has 22 heavy (non-hydrogen) atoms. The quantitative estimate of drug-likeness (QED) is 0.176. The van der Waals surface area contributed by atoms with Crippen LogP contribution in [0.2, 0.25) is 13.3 Å². The zero-order valence-corrected chi connectivity index (χ0v) is 18.2. The van der Waals surface area contributed by atoms with Crippen molar-refractivity contribution in [2.75, 3.05) is 7.11 Å². The van der Waals surface area contributed by atoms with Gasteiger partial charge in [0, 0.05) is 0 Å². The third-order valence-electron chi connectivity index (χ3n) is 4.29. The summed E-state index contributed by atoms with van der Waals surface area (Å²) in [6.45, 7) is 6.88. The van der Waals surface area contributed by atoms with Gasteiger partial charge in [0.15, 0.2) is 0 Å². The van der Waals surface area contributed by atoms with E-state index < -0.39 is 18.4 Å². The van der Waals surface area contributed by atoms with Gasteiger partial charge in [-0.05, 0) is 0 Å². The number of unbranched alkanes of at least 4 members (excludes halogenated alkanes) is 4. The number of ether oxygens (including phenoxy) is 1. The van der Waals surface area contributed by atoms with E-state index in [1.54, 1.807) is 0 Å². The maximum absolute atomic E-state index is 11.1. The van der Waals surface area contributed by atoms with Gasteiger partial charge >= 0.3 is 143 Å². The number of methoxy groups -OCH3 is 1. The average molecular weight is 415 g/mol. The van der Waals surface area contributed by atoms with Crippen molar-refractivity contribution >= 4 is 24.3 Å². The first-order valence-corrected chi connectivity index (χ1v) is 16.7. The standard InChI is InChI=1S/C7H9O2.3C4H9.Sn/c1-3-4-5-6-7(8)9-2;3*1-3-4-2;/h4-6H2,2H3;3*1,3-4H2,2H3;.